The number of benzene rings is 1. The predicted molar refractivity (Wildman–Crippen MR) is 74.4 cm³/mol. The summed E-state index contributed by atoms with van der Waals surface area (Å²) < 4.78 is 0. The van der Waals surface area contributed by atoms with Crippen LogP contribution >= 0.6 is 11.6 Å². The van der Waals surface area contributed by atoms with Crippen molar-refractivity contribution in [1.82, 2.24) is 4.90 Å². The van der Waals surface area contributed by atoms with Gasteiger partial charge in [0.2, 0.25) is 0 Å². The molecule has 0 bridgehead atoms. The smallest absolute Gasteiger partial charge is 0.308 e. The molecule has 2 rings (SSSR count). The molecule has 112 valence electrons. The molecule has 1 aromatic rings. The second-order valence-electron chi connectivity index (χ2n) is 4.85. The number of rotatable bonds is 3. The van der Waals surface area contributed by atoms with Crippen molar-refractivity contribution in [2.24, 2.45) is 5.92 Å². The number of non-ortho nitro benzene ring substituents is 1. The van der Waals surface area contributed by atoms with Crippen molar-refractivity contribution in [1.29, 1.82) is 0 Å². The first-order chi connectivity index (χ1) is 9.90. The number of likely N-dealkylation sites (tertiary alicyclic amines) is 1. The molecule has 1 atom stereocenters. The molecule has 0 aliphatic carbocycles. The zero-order valence-electron chi connectivity index (χ0n) is 11.0. The summed E-state index contributed by atoms with van der Waals surface area (Å²) in [6.45, 7) is 0.581. The normalized spacial score (nSPS) is 18.3. The van der Waals surface area contributed by atoms with Crippen molar-refractivity contribution >= 4 is 29.2 Å². The van der Waals surface area contributed by atoms with E-state index < -0.39 is 22.7 Å². The highest BCUT2D eigenvalue weighted by Gasteiger charge is 2.29. The molecule has 1 aliphatic rings. The van der Waals surface area contributed by atoms with Gasteiger partial charge in [-0.05, 0) is 18.9 Å². The fourth-order valence-corrected chi connectivity index (χ4v) is 2.58. The van der Waals surface area contributed by atoms with Crippen LogP contribution in [0.3, 0.4) is 0 Å². The second kappa shape index (κ2) is 6.09. The van der Waals surface area contributed by atoms with E-state index in [9.17, 15) is 19.7 Å². The van der Waals surface area contributed by atoms with Crippen LogP contribution in [0.4, 0.5) is 5.69 Å². The minimum atomic E-state index is -0.928. The van der Waals surface area contributed by atoms with Crippen LogP contribution in [0.1, 0.15) is 23.2 Å². The van der Waals surface area contributed by atoms with Gasteiger partial charge in [0.25, 0.3) is 11.6 Å². The average molecular weight is 313 g/mol. The number of carboxylic acid groups (broad SMARTS) is 1. The van der Waals surface area contributed by atoms with Gasteiger partial charge in [0.15, 0.2) is 0 Å². The number of hydrogen-bond donors (Lipinski definition) is 1. The molecule has 21 heavy (non-hydrogen) atoms. The molecule has 0 aromatic heterocycles. The van der Waals surface area contributed by atoms with Crippen LogP contribution in [-0.4, -0.2) is 39.9 Å². The summed E-state index contributed by atoms with van der Waals surface area (Å²) in [5.41, 5.74) is -0.0492. The standard InChI is InChI=1S/C13H13ClN2O5/c14-11-6-9(16(20)21)3-4-10(11)12(17)15-5-1-2-8(7-15)13(18)19/h3-4,6,8H,1-2,5,7H2,(H,18,19). The van der Waals surface area contributed by atoms with Gasteiger partial charge in [0.1, 0.15) is 0 Å². The molecular weight excluding hydrogens is 300 g/mol. The maximum Gasteiger partial charge on any atom is 0.308 e. The van der Waals surface area contributed by atoms with Crippen LogP contribution in [0, 0.1) is 16.0 Å². The lowest BCUT2D eigenvalue weighted by molar-refractivity contribution is -0.384. The summed E-state index contributed by atoms with van der Waals surface area (Å²) in [6.07, 6.45) is 1.14. The fraction of sp³-hybridized carbons (Fsp3) is 0.385. The Hall–Kier alpha value is -2.15. The molecule has 7 nitrogen and oxygen atoms in total. The van der Waals surface area contributed by atoms with Crippen molar-refractivity contribution in [2.75, 3.05) is 13.1 Å². The number of piperidine rings is 1. The van der Waals surface area contributed by atoms with Gasteiger partial charge in [-0.15, -0.1) is 0 Å². The molecule has 1 fully saturated rings. The van der Waals surface area contributed by atoms with E-state index in [4.69, 9.17) is 16.7 Å². The van der Waals surface area contributed by atoms with Crippen molar-refractivity contribution < 1.29 is 19.6 Å². The number of amides is 1. The van der Waals surface area contributed by atoms with Gasteiger partial charge in [-0.1, -0.05) is 11.6 Å². The summed E-state index contributed by atoms with van der Waals surface area (Å²) in [6, 6.07) is 3.62. The lowest BCUT2D eigenvalue weighted by Crippen LogP contribution is -2.42. The minimum Gasteiger partial charge on any atom is -0.481 e. The monoisotopic (exact) mass is 312 g/mol. The first-order valence-electron chi connectivity index (χ1n) is 6.36. The van der Waals surface area contributed by atoms with Crippen molar-refractivity contribution in [3.05, 3.63) is 38.9 Å². The SMILES string of the molecule is O=C(O)C1CCCN(C(=O)c2ccc([N+](=O)[O-])cc2Cl)C1. The number of hydrogen-bond acceptors (Lipinski definition) is 4. The van der Waals surface area contributed by atoms with E-state index in [-0.39, 0.29) is 22.8 Å². The molecule has 1 aliphatic heterocycles. The Morgan fingerprint density at radius 3 is 2.71 bits per heavy atom. The van der Waals surface area contributed by atoms with Gasteiger partial charge in [0.05, 0.1) is 21.4 Å². The summed E-state index contributed by atoms with van der Waals surface area (Å²) in [5, 5.41) is 19.7. The number of carbonyl (C=O) groups excluding carboxylic acids is 1. The summed E-state index contributed by atoms with van der Waals surface area (Å²) in [7, 11) is 0. The molecule has 0 radical (unpaired) electrons. The maximum atomic E-state index is 12.3. The van der Waals surface area contributed by atoms with E-state index in [2.05, 4.69) is 0 Å². The quantitative estimate of drug-likeness (QED) is 0.681. The molecule has 1 heterocycles. The van der Waals surface area contributed by atoms with Crippen molar-refractivity contribution in [2.45, 2.75) is 12.8 Å². The zero-order valence-corrected chi connectivity index (χ0v) is 11.7. The highest BCUT2D eigenvalue weighted by Crippen LogP contribution is 2.25. The van der Waals surface area contributed by atoms with Crippen LogP contribution in [0.5, 0.6) is 0 Å². The second-order valence-corrected chi connectivity index (χ2v) is 5.26. The van der Waals surface area contributed by atoms with Crippen molar-refractivity contribution in [3.63, 3.8) is 0 Å². The lowest BCUT2D eigenvalue weighted by atomic mass is 9.97. The van der Waals surface area contributed by atoms with Crippen LogP contribution in [-0.2, 0) is 4.79 Å². The van der Waals surface area contributed by atoms with E-state index in [1.54, 1.807) is 0 Å². The predicted octanol–water partition coefficient (Wildman–Crippen LogP) is 2.19. The Kier molecular flexibility index (Phi) is 4.42. The van der Waals surface area contributed by atoms with E-state index in [1.807, 2.05) is 0 Å². The Morgan fingerprint density at radius 2 is 2.14 bits per heavy atom. The molecule has 8 heteroatoms. The molecule has 1 saturated heterocycles. The molecule has 1 N–H and O–H groups in total. The number of nitrogens with zero attached hydrogens (tertiary/aromatic N) is 2. The van der Waals surface area contributed by atoms with Crippen LogP contribution in [0.2, 0.25) is 5.02 Å². The van der Waals surface area contributed by atoms with Gasteiger partial charge >= 0.3 is 5.97 Å². The number of halogens is 1. The molecule has 1 aromatic carbocycles. The molecule has 1 unspecified atom stereocenters. The number of nitro benzene ring substituents is 1. The first kappa shape index (κ1) is 15.2. The average Bonchev–Trinajstić information content (AvgIpc) is 2.46. The van der Waals surface area contributed by atoms with Gasteiger partial charge in [-0.3, -0.25) is 19.7 Å². The third-order valence-corrected chi connectivity index (χ3v) is 3.76. The lowest BCUT2D eigenvalue weighted by Gasteiger charge is -2.30. The number of aliphatic carboxylic acids is 1. The highest BCUT2D eigenvalue weighted by molar-refractivity contribution is 6.34. The number of carboxylic acids is 1. The van der Waals surface area contributed by atoms with Crippen molar-refractivity contribution in [3.8, 4) is 0 Å². The Bertz CT molecular complexity index is 604. The van der Waals surface area contributed by atoms with Gasteiger partial charge in [-0.2, -0.15) is 0 Å². The third kappa shape index (κ3) is 3.30. The van der Waals surface area contributed by atoms with Crippen LogP contribution < -0.4 is 0 Å². The van der Waals surface area contributed by atoms with Gasteiger partial charge < -0.3 is 10.0 Å². The topological polar surface area (TPSA) is 101 Å². The zero-order chi connectivity index (χ0) is 15.6. The van der Waals surface area contributed by atoms with Gasteiger partial charge in [0, 0.05) is 25.2 Å². The summed E-state index contributed by atoms with van der Waals surface area (Å²) >= 11 is 5.92. The molecule has 1 amide bonds. The molecular formula is C13H13ClN2O5. The molecule has 0 saturated carbocycles. The van der Waals surface area contributed by atoms with E-state index in [1.165, 1.54) is 17.0 Å². The van der Waals surface area contributed by atoms with E-state index in [0.29, 0.717) is 19.4 Å². The highest BCUT2D eigenvalue weighted by atomic mass is 35.5. The third-order valence-electron chi connectivity index (χ3n) is 3.45. The minimum absolute atomic E-state index is 0.00773. The largest absolute Gasteiger partial charge is 0.481 e. The Morgan fingerprint density at radius 1 is 1.43 bits per heavy atom. The van der Waals surface area contributed by atoms with Crippen LogP contribution in [0.25, 0.3) is 0 Å². The van der Waals surface area contributed by atoms with E-state index >= 15 is 0 Å². The van der Waals surface area contributed by atoms with E-state index in [0.717, 1.165) is 6.07 Å². The summed E-state index contributed by atoms with van der Waals surface area (Å²) in [5.74, 6) is -1.91. The first-order valence-corrected chi connectivity index (χ1v) is 6.74. The molecule has 0 spiro atoms. The van der Waals surface area contributed by atoms with Gasteiger partial charge in [-0.25, -0.2) is 0 Å². The van der Waals surface area contributed by atoms with Crippen LogP contribution in [0.15, 0.2) is 18.2 Å². The Balaban J connectivity index is 2.20. The summed E-state index contributed by atoms with van der Waals surface area (Å²) in [4.78, 5) is 34.8. The maximum absolute atomic E-state index is 12.3. The number of nitro groups is 1. The Labute approximate surface area is 125 Å². The number of carbonyl (C=O) groups is 2. The fourth-order valence-electron chi connectivity index (χ4n) is 2.32.